The second-order valence-corrected chi connectivity index (χ2v) is 6.73. The zero-order valence-corrected chi connectivity index (χ0v) is 16.2. The second kappa shape index (κ2) is 7.62. The van der Waals surface area contributed by atoms with Crippen molar-refractivity contribution in [1.82, 2.24) is 9.78 Å². The smallest absolute Gasteiger partial charge is 0.320 e. The van der Waals surface area contributed by atoms with Crippen LogP contribution in [0.15, 0.2) is 42.5 Å². The van der Waals surface area contributed by atoms with Crippen molar-refractivity contribution in [3.63, 3.8) is 0 Å². The molecule has 0 bridgehead atoms. The van der Waals surface area contributed by atoms with Gasteiger partial charge in [0.25, 0.3) is 11.6 Å². The summed E-state index contributed by atoms with van der Waals surface area (Å²) in [7, 11) is 0. The van der Waals surface area contributed by atoms with Gasteiger partial charge in [0.2, 0.25) is 0 Å². The predicted molar refractivity (Wildman–Crippen MR) is 104 cm³/mol. The van der Waals surface area contributed by atoms with E-state index >= 15 is 0 Å². The Bertz CT molecular complexity index is 1150. The van der Waals surface area contributed by atoms with E-state index < -0.39 is 22.6 Å². The van der Waals surface area contributed by atoms with E-state index in [0.717, 1.165) is 12.1 Å². The summed E-state index contributed by atoms with van der Waals surface area (Å²) < 4.78 is 41.1. The van der Waals surface area contributed by atoms with E-state index in [9.17, 15) is 28.1 Å². The number of carbonyl (C=O) groups is 1. The average molecular weight is 418 g/mol. The first-order chi connectivity index (χ1) is 14.0. The first-order valence-corrected chi connectivity index (χ1v) is 8.79. The molecule has 7 nitrogen and oxygen atoms in total. The number of anilines is 1. The highest BCUT2D eigenvalue weighted by atomic mass is 19.4. The zero-order valence-electron chi connectivity index (χ0n) is 16.2. The number of aryl methyl sites for hydroxylation is 2. The van der Waals surface area contributed by atoms with E-state index in [2.05, 4.69) is 10.4 Å². The van der Waals surface area contributed by atoms with E-state index in [4.69, 9.17) is 0 Å². The van der Waals surface area contributed by atoms with Crippen LogP contribution in [0.2, 0.25) is 0 Å². The minimum atomic E-state index is -4.62. The van der Waals surface area contributed by atoms with Gasteiger partial charge in [0.1, 0.15) is 0 Å². The Hall–Kier alpha value is -3.69. The van der Waals surface area contributed by atoms with Crippen molar-refractivity contribution in [2.75, 3.05) is 5.32 Å². The van der Waals surface area contributed by atoms with Crippen molar-refractivity contribution in [3.05, 3.63) is 80.7 Å². The quantitative estimate of drug-likeness (QED) is 0.478. The minimum absolute atomic E-state index is 0.0130. The van der Waals surface area contributed by atoms with Gasteiger partial charge in [-0.3, -0.25) is 14.9 Å². The van der Waals surface area contributed by atoms with E-state index in [-0.39, 0.29) is 28.2 Å². The van der Waals surface area contributed by atoms with Crippen molar-refractivity contribution in [3.8, 4) is 5.69 Å². The number of carbonyl (C=O) groups excluding carboxylic acids is 1. The third-order valence-corrected chi connectivity index (χ3v) is 4.56. The summed E-state index contributed by atoms with van der Waals surface area (Å²) in [6.45, 7) is 4.87. The Kier molecular flexibility index (Phi) is 5.34. The molecule has 1 amide bonds. The Labute approximate surface area is 169 Å². The SMILES string of the molecule is Cc1cc(C)n(-c2ccc(C(F)(F)F)cc2NC(=O)c2cccc([N+](=O)[O-])c2C)n1. The fourth-order valence-electron chi connectivity index (χ4n) is 3.13. The van der Waals surface area contributed by atoms with Gasteiger partial charge >= 0.3 is 6.18 Å². The highest BCUT2D eigenvalue weighted by Crippen LogP contribution is 2.34. The van der Waals surface area contributed by atoms with E-state index in [0.29, 0.717) is 11.4 Å². The van der Waals surface area contributed by atoms with Crippen LogP contribution in [0.3, 0.4) is 0 Å². The number of halogens is 3. The van der Waals surface area contributed by atoms with Crippen LogP contribution in [0.4, 0.5) is 24.5 Å². The molecule has 2 aromatic carbocycles. The monoisotopic (exact) mass is 418 g/mol. The first kappa shape index (κ1) is 21.0. The maximum atomic E-state index is 13.2. The van der Waals surface area contributed by atoms with E-state index in [1.807, 2.05) is 0 Å². The Morgan fingerprint density at radius 2 is 1.83 bits per heavy atom. The summed E-state index contributed by atoms with van der Waals surface area (Å²) >= 11 is 0. The standard InChI is InChI=1S/C20H17F3N4O3/c1-11-9-12(2)26(25-11)18-8-7-14(20(21,22)23)10-16(18)24-19(28)15-5-4-6-17(13(15)3)27(29)30/h4-10H,1-3H3,(H,24,28). The second-order valence-electron chi connectivity index (χ2n) is 6.73. The van der Waals surface area contributed by atoms with Gasteiger partial charge in [-0.15, -0.1) is 0 Å². The Morgan fingerprint density at radius 3 is 2.40 bits per heavy atom. The molecule has 1 heterocycles. The number of hydrogen-bond donors (Lipinski definition) is 1. The Balaban J connectivity index is 2.10. The van der Waals surface area contributed by atoms with Crippen molar-refractivity contribution >= 4 is 17.3 Å². The van der Waals surface area contributed by atoms with Gasteiger partial charge in [0, 0.05) is 22.9 Å². The molecule has 0 saturated carbocycles. The molecule has 156 valence electrons. The largest absolute Gasteiger partial charge is 0.416 e. The van der Waals surface area contributed by atoms with Crippen LogP contribution in [0.25, 0.3) is 5.69 Å². The van der Waals surface area contributed by atoms with E-state index in [1.165, 1.54) is 35.9 Å². The lowest BCUT2D eigenvalue weighted by atomic mass is 10.1. The van der Waals surface area contributed by atoms with Crippen molar-refractivity contribution in [1.29, 1.82) is 0 Å². The summed E-state index contributed by atoms with van der Waals surface area (Å²) in [5, 5.41) is 17.8. The van der Waals surface area contributed by atoms with Crippen LogP contribution in [-0.4, -0.2) is 20.6 Å². The molecule has 10 heteroatoms. The number of hydrogen-bond acceptors (Lipinski definition) is 4. The predicted octanol–water partition coefficient (Wildman–Crippen LogP) is 4.98. The molecule has 0 aliphatic rings. The van der Waals surface area contributed by atoms with Crippen LogP contribution >= 0.6 is 0 Å². The normalized spacial score (nSPS) is 11.4. The van der Waals surface area contributed by atoms with Crippen LogP contribution in [0, 0.1) is 30.9 Å². The Morgan fingerprint density at radius 1 is 1.13 bits per heavy atom. The summed E-state index contributed by atoms with van der Waals surface area (Å²) in [6, 6.07) is 8.64. The van der Waals surface area contributed by atoms with Gasteiger partial charge in [-0.2, -0.15) is 18.3 Å². The molecule has 0 spiro atoms. The van der Waals surface area contributed by atoms with Gasteiger partial charge < -0.3 is 5.32 Å². The number of nitro benzene ring substituents is 1. The molecule has 1 aromatic heterocycles. The molecule has 3 rings (SSSR count). The maximum absolute atomic E-state index is 13.2. The summed E-state index contributed by atoms with van der Waals surface area (Å²) in [4.78, 5) is 23.3. The van der Waals surface area contributed by atoms with Crippen LogP contribution in [0.1, 0.15) is 32.9 Å². The van der Waals surface area contributed by atoms with Gasteiger partial charge in [-0.1, -0.05) is 6.07 Å². The molecular weight excluding hydrogens is 401 g/mol. The maximum Gasteiger partial charge on any atom is 0.416 e. The highest BCUT2D eigenvalue weighted by Gasteiger charge is 2.32. The third-order valence-electron chi connectivity index (χ3n) is 4.56. The van der Waals surface area contributed by atoms with Gasteiger partial charge in [0.05, 0.1) is 27.6 Å². The summed E-state index contributed by atoms with van der Waals surface area (Å²) in [6.07, 6.45) is -4.62. The number of rotatable bonds is 4. The first-order valence-electron chi connectivity index (χ1n) is 8.79. The lowest BCUT2D eigenvalue weighted by Gasteiger charge is -2.16. The minimum Gasteiger partial charge on any atom is -0.320 e. The van der Waals surface area contributed by atoms with Crippen LogP contribution in [0.5, 0.6) is 0 Å². The zero-order chi connectivity index (χ0) is 22.2. The molecule has 0 atom stereocenters. The van der Waals surface area contributed by atoms with Crippen LogP contribution in [-0.2, 0) is 6.18 Å². The molecule has 0 radical (unpaired) electrons. The number of aromatic nitrogens is 2. The lowest BCUT2D eigenvalue weighted by Crippen LogP contribution is -2.17. The molecule has 30 heavy (non-hydrogen) atoms. The number of nitrogens with one attached hydrogen (secondary N) is 1. The number of benzene rings is 2. The fraction of sp³-hybridized carbons (Fsp3) is 0.200. The number of nitrogens with zero attached hydrogens (tertiary/aromatic N) is 3. The third kappa shape index (κ3) is 4.02. The topological polar surface area (TPSA) is 90.1 Å². The fourth-order valence-corrected chi connectivity index (χ4v) is 3.13. The van der Waals surface area contributed by atoms with Gasteiger partial charge in [-0.05, 0) is 51.1 Å². The summed E-state index contributed by atoms with van der Waals surface area (Å²) in [5.41, 5.74) is 0.329. The molecule has 0 fully saturated rings. The van der Waals surface area contributed by atoms with Crippen LogP contribution < -0.4 is 5.32 Å². The molecule has 0 aliphatic carbocycles. The van der Waals surface area contributed by atoms with Crippen molar-refractivity contribution in [2.45, 2.75) is 26.9 Å². The summed E-state index contributed by atoms with van der Waals surface area (Å²) in [5.74, 6) is -0.765. The molecule has 1 N–H and O–H groups in total. The molecule has 0 saturated heterocycles. The number of alkyl halides is 3. The average Bonchev–Trinajstić information content (AvgIpc) is 2.98. The molecule has 0 aliphatic heterocycles. The number of amides is 1. The van der Waals surface area contributed by atoms with Gasteiger partial charge in [-0.25, -0.2) is 4.68 Å². The lowest BCUT2D eigenvalue weighted by molar-refractivity contribution is -0.385. The molecule has 3 aromatic rings. The molecular formula is C20H17F3N4O3. The highest BCUT2D eigenvalue weighted by molar-refractivity contribution is 6.06. The number of nitro groups is 1. The van der Waals surface area contributed by atoms with Gasteiger partial charge in [0.15, 0.2) is 0 Å². The molecule has 0 unspecified atom stereocenters. The van der Waals surface area contributed by atoms with E-state index in [1.54, 1.807) is 19.9 Å². The van der Waals surface area contributed by atoms with Crippen molar-refractivity contribution < 1.29 is 22.9 Å². The van der Waals surface area contributed by atoms with Crippen molar-refractivity contribution in [2.24, 2.45) is 0 Å².